The van der Waals surface area contributed by atoms with Crippen LogP contribution in [-0.4, -0.2) is 41.0 Å². The molecule has 0 unspecified atom stereocenters. The van der Waals surface area contributed by atoms with Gasteiger partial charge in [0, 0.05) is 23.3 Å². The van der Waals surface area contributed by atoms with E-state index in [1.54, 1.807) is 42.7 Å². The Balaban J connectivity index is 1.96. The van der Waals surface area contributed by atoms with E-state index in [1.165, 1.54) is 30.5 Å². The van der Waals surface area contributed by atoms with Crippen LogP contribution in [0.4, 0.5) is 5.13 Å². The molecule has 4 rings (SSSR count). The summed E-state index contributed by atoms with van der Waals surface area (Å²) in [6.07, 6.45) is 3.16. The van der Waals surface area contributed by atoms with Gasteiger partial charge in [0.15, 0.2) is 5.13 Å². The number of hydrogen-bond acceptors (Lipinski definition) is 8. The number of benzene rings is 1. The maximum Gasteiger partial charge on any atom is 0.301 e. The van der Waals surface area contributed by atoms with E-state index in [9.17, 15) is 14.7 Å². The zero-order valence-corrected chi connectivity index (χ0v) is 18.8. The van der Waals surface area contributed by atoms with Crippen LogP contribution in [0.5, 0.6) is 11.5 Å². The highest BCUT2D eigenvalue weighted by Gasteiger charge is 2.48. The van der Waals surface area contributed by atoms with E-state index in [-0.39, 0.29) is 16.9 Å². The molecule has 1 N–H and O–H groups in total. The lowest BCUT2D eigenvalue weighted by Crippen LogP contribution is -2.29. The van der Waals surface area contributed by atoms with Crippen LogP contribution >= 0.6 is 11.3 Å². The Hall–Kier alpha value is -3.72. The smallest absolute Gasteiger partial charge is 0.301 e. The molecule has 3 heterocycles. The Morgan fingerprint density at radius 1 is 1.16 bits per heavy atom. The predicted octanol–water partition coefficient (Wildman–Crippen LogP) is 3.80. The van der Waals surface area contributed by atoms with Crippen molar-refractivity contribution < 1.29 is 24.2 Å². The van der Waals surface area contributed by atoms with E-state index in [1.807, 2.05) is 13.8 Å². The van der Waals surface area contributed by atoms with E-state index >= 15 is 0 Å². The molecule has 1 fully saturated rings. The molecule has 1 aliphatic rings. The highest BCUT2D eigenvalue weighted by Crippen LogP contribution is 2.44. The number of thiazole rings is 1. The lowest BCUT2D eigenvalue weighted by molar-refractivity contribution is -0.132. The summed E-state index contributed by atoms with van der Waals surface area (Å²) >= 11 is 1.31. The van der Waals surface area contributed by atoms with Gasteiger partial charge >= 0.3 is 5.91 Å². The number of methoxy groups -OCH3 is 2. The standard InChI is InChI=1S/C23H21N3O5S/c1-12-13(2)32-23(25-12)26-19(14-6-5-9-24-11-14)18(21(28)22(26)29)20(27)16-8-7-15(30-3)10-17(16)31-4/h5-11,19,27H,1-4H3/b20-18+/t19-/m1/s1. The third kappa shape index (κ3) is 3.50. The van der Waals surface area contributed by atoms with E-state index in [2.05, 4.69) is 9.97 Å². The van der Waals surface area contributed by atoms with Gasteiger partial charge in [-0.25, -0.2) is 4.98 Å². The predicted molar refractivity (Wildman–Crippen MR) is 120 cm³/mol. The largest absolute Gasteiger partial charge is 0.507 e. The number of Topliss-reactive ketones (excluding diaryl/α,β-unsaturated/α-hetero) is 1. The van der Waals surface area contributed by atoms with Crippen LogP contribution in [0.25, 0.3) is 5.76 Å². The zero-order chi connectivity index (χ0) is 23.0. The van der Waals surface area contributed by atoms with Crippen molar-refractivity contribution in [1.29, 1.82) is 0 Å². The molecule has 0 aliphatic carbocycles. The molecule has 1 aromatic carbocycles. The first-order chi connectivity index (χ1) is 15.4. The summed E-state index contributed by atoms with van der Waals surface area (Å²) in [5, 5.41) is 11.6. The third-order valence-electron chi connectivity index (χ3n) is 5.33. The SMILES string of the molecule is COc1ccc(/C(O)=C2\C(=O)C(=O)N(c3nc(C)c(C)s3)[C@@H]2c2cccnc2)c(OC)c1. The molecule has 1 saturated heterocycles. The molecule has 8 nitrogen and oxygen atoms in total. The van der Waals surface area contributed by atoms with Crippen molar-refractivity contribution in [2.24, 2.45) is 0 Å². The minimum Gasteiger partial charge on any atom is -0.507 e. The van der Waals surface area contributed by atoms with E-state index < -0.39 is 17.7 Å². The normalized spacial score (nSPS) is 17.6. The molecule has 0 saturated carbocycles. The molecule has 164 valence electrons. The van der Waals surface area contributed by atoms with Crippen LogP contribution < -0.4 is 14.4 Å². The zero-order valence-electron chi connectivity index (χ0n) is 17.9. The van der Waals surface area contributed by atoms with Crippen LogP contribution in [0.2, 0.25) is 0 Å². The van der Waals surface area contributed by atoms with Gasteiger partial charge in [-0.2, -0.15) is 0 Å². The second-order valence-electron chi connectivity index (χ2n) is 7.16. The number of anilines is 1. The molecule has 32 heavy (non-hydrogen) atoms. The number of ketones is 1. The Morgan fingerprint density at radius 3 is 2.53 bits per heavy atom. The second-order valence-corrected chi connectivity index (χ2v) is 8.34. The lowest BCUT2D eigenvalue weighted by Gasteiger charge is -2.22. The summed E-state index contributed by atoms with van der Waals surface area (Å²) in [4.78, 5) is 37.2. The number of hydrogen-bond donors (Lipinski definition) is 1. The molecule has 0 bridgehead atoms. The molecule has 9 heteroatoms. The number of rotatable bonds is 5. The van der Waals surface area contributed by atoms with Gasteiger partial charge in [-0.1, -0.05) is 6.07 Å². The summed E-state index contributed by atoms with van der Waals surface area (Å²) in [6, 6.07) is 7.39. The van der Waals surface area contributed by atoms with Crippen LogP contribution in [0.15, 0.2) is 48.3 Å². The fourth-order valence-electron chi connectivity index (χ4n) is 3.58. The van der Waals surface area contributed by atoms with Gasteiger partial charge in [0.1, 0.15) is 17.3 Å². The molecule has 1 amide bonds. The minimum atomic E-state index is -0.888. The van der Waals surface area contributed by atoms with Gasteiger partial charge < -0.3 is 14.6 Å². The average Bonchev–Trinajstić information content (AvgIpc) is 3.28. The summed E-state index contributed by atoms with van der Waals surface area (Å²) in [7, 11) is 2.96. The van der Waals surface area contributed by atoms with E-state index in [4.69, 9.17) is 9.47 Å². The fourth-order valence-corrected chi connectivity index (χ4v) is 4.52. The van der Waals surface area contributed by atoms with Crippen molar-refractivity contribution >= 4 is 33.9 Å². The van der Waals surface area contributed by atoms with Gasteiger partial charge in [0.2, 0.25) is 0 Å². The summed E-state index contributed by atoms with van der Waals surface area (Å²) in [5.74, 6) is -1.08. The lowest BCUT2D eigenvalue weighted by atomic mass is 9.96. The van der Waals surface area contributed by atoms with Crippen LogP contribution in [0, 0.1) is 13.8 Å². The number of aliphatic hydroxyl groups excluding tert-OH is 1. The number of carbonyl (C=O) groups is 2. The first-order valence-electron chi connectivity index (χ1n) is 9.74. The third-order valence-corrected chi connectivity index (χ3v) is 6.40. The molecule has 0 radical (unpaired) electrons. The fraction of sp³-hybridized carbons (Fsp3) is 0.217. The first kappa shape index (κ1) is 21.5. The Kier molecular flexibility index (Phi) is 5.67. The number of nitrogens with zero attached hydrogens (tertiary/aromatic N) is 3. The number of carbonyl (C=O) groups excluding carboxylic acids is 2. The molecule has 1 aliphatic heterocycles. The molecule has 1 atom stereocenters. The number of amides is 1. The molecular weight excluding hydrogens is 430 g/mol. The number of ether oxygens (including phenoxy) is 2. The highest BCUT2D eigenvalue weighted by atomic mass is 32.1. The van der Waals surface area contributed by atoms with Crippen LogP contribution in [0.1, 0.15) is 27.7 Å². The molecule has 2 aromatic heterocycles. The quantitative estimate of drug-likeness (QED) is 0.358. The number of pyridine rings is 1. The van der Waals surface area contributed by atoms with Crippen LogP contribution in [-0.2, 0) is 9.59 Å². The van der Waals surface area contributed by atoms with Crippen molar-refractivity contribution in [2.45, 2.75) is 19.9 Å². The van der Waals surface area contributed by atoms with Crippen molar-refractivity contribution in [1.82, 2.24) is 9.97 Å². The van der Waals surface area contributed by atoms with Gasteiger partial charge in [0.25, 0.3) is 5.78 Å². The van der Waals surface area contributed by atoms with Gasteiger partial charge in [-0.15, -0.1) is 11.3 Å². The average molecular weight is 452 g/mol. The van der Waals surface area contributed by atoms with Crippen molar-refractivity contribution in [3.63, 3.8) is 0 Å². The molecular formula is C23H21N3O5S. The number of aromatic nitrogens is 2. The van der Waals surface area contributed by atoms with Crippen LogP contribution in [0.3, 0.4) is 0 Å². The maximum atomic E-state index is 13.2. The minimum absolute atomic E-state index is 0.0584. The van der Waals surface area contributed by atoms with Crippen molar-refractivity contribution in [3.05, 3.63) is 70.0 Å². The number of aliphatic hydroxyl groups is 1. The van der Waals surface area contributed by atoms with Crippen molar-refractivity contribution in [2.75, 3.05) is 19.1 Å². The molecule has 0 spiro atoms. The Bertz CT molecular complexity index is 1220. The summed E-state index contributed by atoms with van der Waals surface area (Å²) < 4.78 is 10.6. The topological polar surface area (TPSA) is 102 Å². The van der Waals surface area contributed by atoms with E-state index in [0.29, 0.717) is 22.2 Å². The van der Waals surface area contributed by atoms with Crippen molar-refractivity contribution in [3.8, 4) is 11.5 Å². The highest BCUT2D eigenvalue weighted by molar-refractivity contribution is 7.16. The van der Waals surface area contributed by atoms with Gasteiger partial charge in [0.05, 0.1) is 37.1 Å². The maximum absolute atomic E-state index is 13.2. The summed E-state index contributed by atoms with van der Waals surface area (Å²) in [6.45, 7) is 3.74. The first-order valence-corrected chi connectivity index (χ1v) is 10.6. The Morgan fingerprint density at radius 2 is 1.94 bits per heavy atom. The summed E-state index contributed by atoms with van der Waals surface area (Å²) in [5.41, 5.74) is 1.56. The Labute approximate surface area is 188 Å². The monoisotopic (exact) mass is 451 g/mol. The second kappa shape index (κ2) is 8.43. The van der Waals surface area contributed by atoms with Gasteiger partial charge in [-0.05, 0) is 37.6 Å². The van der Waals surface area contributed by atoms with Gasteiger partial charge in [-0.3, -0.25) is 19.5 Å². The number of aryl methyl sites for hydroxylation is 2. The molecule has 3 aromatic rings. The van der Waals surface area contributed by atoms with E-state index in [0.717, 1.165) is 10.6 Å².